The van der Waals surface area contributed by atoms with Crippen LogP contribution in [0, 0.1) is 6.92 Å². The number of carbonyl (C=O) groups excluding carboxylic acids is 1. The first-order chi connectivity index (χ1) is 9.52. The summed E-state index contributed by atoms with van der Waals surface area (Å²) in [5, 5.41) is 0.603. The molecule has 2 rings (SSSR count). The lowest BCUT2D eigenvalue weighted by Gasteiger charge is -2.11. The molecule has 0 fully saturated rings. The van der Waals surface area contributed by atoms with Crippen LogP contribution in [-0.4, -0.2) is 12.9 Å². The summed E-state index contributed by atoms with van der Waals surface area (Å²) in [6.07, 6.45) is 0.255. The van der Waals surface area contributed by atoms with Crippen molar-refractivity contribution in [2.75, 3.05) is 7.11 Å². The molecule has 2 nitrogen and oxygen atoms in total. The minimum atomic E-state index is -0.0179. The van der Waals surface area contributed by atoms with Gasteiger partial charge in [-0.05, 0) is 36.2 Å². The minimum absolute atomic E-state index is 0.0179. The summed E-state index contributed by atoms with van der Waals surface area (Å²) < 4.78 is 6.19. The van der Waals surface area contributed by atoms with Gasteiger partial charge in [-0.2, -0.15) is 0 Å². The minimum Gasteiger partial charge on any atom is -0.496 e. The lowest BCUT2D eigenvalue weighted by atomic mass is 10.0. The van der Waals surface area contributed by atoms with Gasteiger partial charge in [0.1, 0.15) is 5.75 Å². The van der Waals surface area contributed by atoms with Crippen molar-refractivity contribution in [1.29, 1.82) is 0 Å². The predicted octanol–water partition coefficient (Wildman–Crippen LogP) is 4.84. The molecule has 0 radical (unpaired) electrons. The number of hydrogen-bond acceptors (Lipinski definition) is 2. The third-order valence-corrected chi connectivity index (χ3v) is 4.31. The van der Waals surface area contributed by atoms with Crippen molar-refractivity contribution in [1.82, 2.24) is 0 Å². The molecule has 0 saturated carbocycles. The summed E-state index contributed by atoms with van der Waals surface area (Å²) in [5.41, 5.74) is 2.40. The molecule has 2 aromatic carbocycles. The Hall–Kier alpha value is -1.32. The first kappa shape index (κ1) is 15.1. The van der Waals surface area contributed by atoms with E-state index in [0.717, 1.165) is 15.6 Å². The van der Waals surface area contributed by atoms with E-state index in [1.54, 1.807) is 19.2 Å². The SMILES string of the molecule is COc1cc(C)c(Br)cc1C(=O)Cc1ccccc1Cl. The second-order valence-corrected chi connectivity index (χ2v) is 5.75. The fourth-order valence-electron chi connectivity index (χ4n) is 1.95. The zero-order valence-corrected chi connectivity index (χ0v) is 13.6. The van der Waals surface area contributed by atoms with Crippen LogP contribution in [0.5, 0.6) is 5.75 Å². The molecule has 0 amide bonds. The van der Waals surface area contributed by atoms with Crippen LogP contribution in [0.15, 0.2) is 40.9 Å². The fourth-order valence-corrected chi connectivity index (χ4v) is 2.50. The molecule has 0 aliphatic heterocycles. The Bertz CT molecular complexity index is 653. The summed E-state index contributed by atoms with van der Waals surface area (Å²) in [6.45, 7) is 1.95. The number of rotatable bonds is 4. The van der Waals surface area contributed by atoms with Gasteiger partial charge in [0.05, 0.1) is 12.7 Å². The molecule has 0 bridgehead atoms. The van der Waals surface area contributed by atoms with E-state index >= 15 is 0 Å². The van der Waals surface area contributed by atoms with Crippen LogP contribution in [-0.2, 0) is 6.42 Å². The zero-order chi connectivity index (χ0) is 14.7. The quantitative estimate of drug-likeness (QED) is 0.735. The highest BCUT2D eigenvalue weighted by Gasteiger charge is 2.16. The molecule has 0 unspecified atom stereocenters. The van der Waals surface area contributed by atoms with Crippen LogP contribution in [0.1, 0.15) is 21.5 Å². The Morgan fingerprint density at radius 3 is 2.65 bits per heavy atom. The van der Waals surface area contributed by atoms with Crippen LogP contribution in [0.2, 0.25) is 5.02 Å². The Balaban J connectivity index is 2.34. The highest BCUT2D eigenvalue weighted by atomic mass is 79.9. The van der Waals surface area contributed by atoms with Gasteiger partial charge >= 0.3 is 0 Å². The summed E-state index contributed by atoms with van der Waals surface area (Å²) >= 11 is 9.54. The highest BCUT2D eigenvalue weighted by Crippen LogP contribution is 2.28. The second-order valence-electron chi connectivity index (χ2n) is 4.49. The molecule has 0 atom stereocenters. The molecule has 20 heavy (non-hydrogen) atoms. The first-order valence-electron chi connectivity index (χ1n) is 6.13. The molecule has 0 saturated heterocycles. The molecule has 0 aliphatic carbocycles. The lowest BCUT2D eigenvalue weighted by Crippen LogP contribution is -2.07. The molecule has 104 valence electrons. The third kappa shape index (κ3) is 3.22. The maximum absolute atomic E-state index is 12.5. The largest absolute Gasteiger partial charge is 0.496 e. The Morgan fingerprint density at radius 1 is 1.30 bits per heavy atom. The summed E-state index contributed by atoms with van der Waals surface area (Å²) in [5.74, 6) is 0.568. The van der Waals surface area contributed by atoms with Gasteiger partial charge in [0.25, 0.3) is 0 Å². The maximum Gasteiger partial charge on any atom is 0.171 e. The van der Waals surface area contributed by atoms with Gasteiger partial charge in [0.15, 0.2) is 5.78 Å². The van der Waals surface area contributed by atoms with Crippen molar-refractivity contribution in [2.45, 2.75) is 13.3 Å². The van der Waals surface area contributed by atoms with E-state index in [0.29, 0.717) is 16.3 Å². The zero-order valence-electron chi connectivity index (χ0n) is 11.2. The van der Waals surface area contributed by atoms with Gasteiger partial charge < -0.3 is 4.74 Å². The number of Topliss-reactive ketones (excluding diaryl/α,β-unsaturated/α-hetero) is 1. The number of benzene rings is 2. The van der Waals surface area contributed by atoms with Gasteiger partial charge in [0.2, 0.25) is 0 Å². The van der Waals surface area contributed by atoms with Crippen molar-refractivity contribution in [2.24, 2.45) is 0 Å². The standard InChI is InChI=1S/C16H14BrClO2/c1-10-7-16(20-2)12(9-13(10)17)15(19)8-11-5-3-4-6-14(11)18/h3-7,9H,8H2,1-2H3. The Morgan fingerprint density at radius 2 is 2.00 bits per heavy atom. The number of methoxy groups -OCH3 is 1. The smallest absolute Gasteiger partial charge is 0.171 e. The second kappa shape index (κ2) is 6.42. The van der Waals surface area contributed by atoms with Crippen LogP contribution in [0.3, 0.4) is 0 Å². The van der Waals surface area contributed by atoms with Crippen LogP contribution < -0.4 is 4.74 Å². The molecular weight excluding hydrogens is 340 g/mol. The molecule has 0 aromatic heterocycles. The molecule has 2 aromatic rings. The van der Waals surface area contributed by atoms with Crippen LogP contribution in [0.4, 0.5) is 0 Å². The van der Waals surface area contributed by atoms with Crippen molar-refractivity contribution in [3.8, 4) is 5.75 Å². The monoisotopic (exact) mass is 352 g/mol. The Kier molecular flexibility index (Phi) is 4.84. The van der Waals surface area contributed by atoms with Gasteiger partial charge in [-0.1, -0.05) is 45.7 Å². The Labute approximate surface area is 131 Å². The summed E-state index contributed by atoms with van der Waals surface area (Å²) in [7, 11) is 1.56. The van der Waals surface area contributed by atoms with E-state index in [9.17, 15) is 4.79 Å². The van der Waals surface area contributed by atoms with Crippen LogP contribution in [0.25, 0.3) is 0 Å². The van der Waals surface area contributed by atoms with E-state index in [-0.39, 0.29) is 12.2 Å². The molecule has 0 N–H and O–H groups in total. The number of hydrogen-bond donors (Lipinski definition) is 0. The summed E-state index contributed by atoms with van der Waals surface area (Å²) in [4.78, 5) is 12.5. The normalized spacial score (nSPS) is 10.4. The number of aryl methyl sites for hydroxylation is 1. The van der Waals surface area contributed by atoms with Crippen LogP contribution >= 0.6 is 27.5 Å². The molecule has 0 aliphatic rings. The predicted molar refractivity (Wildman–Crippen MR) is 84.9 cm³/mol. The average molecular weight is 354 g/mol. The number of carbonyl (C=O) groups is 1. The van der Waals surface area contributed by atoms with E-state index in [1.807, 2.05) is 31.2 Å². The molecule has 0 spiro atoms. The van der Waals surface area contributed by atoms with Gasteiger partial charge in [-0.25, -0.2) is 0 Å². The van der Waals surface area contributed by atoms with Crippen molar-refractivity contribution in [3.05, 3.63) is 62.6 Å². The van der Waals surface area contributed by atoms with E-state index in [4.69, 9.17) is 16.3 Å². The van der Waals surface area contributed by atoms with E-state index in [1.165, 1.54) is 0 Å². The molecule has 0 heterocycles. The van der Waals surface area contributed by atoms with Crippen molar-refractivity contribution < 1.29 is 9.53 Å². The topological polar surface area (TPSA) is 26.3 Å². The first-order valence-corrected chi connectivity index (χ1v) is 7.30. The van der Waals surface area contributed by atoms with Crippen molar-refractivity contribution in [3.63, 3.8) is 0 Å². The number of ether oxygens (including phenoxy) is 1. The van der Waals surface area contributed by atoms with Crippen molar-refractivity contribution >= 4 is 33.3 Å². The average Bonchev–Trinajstić information content (AvgIpc) is 2.43. The fraction of sp³-hybridized carbons (Fsp3) is 0.188. The van der Waals surface area contributed by atoms with Gasteiger partial charge in [-0.15, -0.1) is 0 Å². The highest BCUT2D eigenvalue weighted by molar-refractivity contribution is 9.10. The lowest BCUT2D eigenvalue weighted by molar-refractivity contribution is 0.0990. The number of halogens is 2. The van der Waals surface area contributed by atoms with E-state index in [2.05, 4.69) is 15.9 Å². The maximum atomic E-state index is 12.5. The van der Waals surface area contributed by atoms with Gasteiger partial charge in [-0.3, -0.25) is 4.79 Å². The van der Waals surface area contributed by atoms with E-state index < -0.39 is 0 Å². The van der Waals surface area contributed by atoms with Gasteiger partial charge in [0, 0.05) is 15.9 Å². The molecule has 4 heteroatoms. The number of ketones is 1. The third-order valence-electron chi connectivity index (χ3n) is 3.09. The molecular formula is C16H14BrClO2. The summed E-state index contributed by atoms with van der Waals surface area (Å²) in [6, 6.07) is 11.0.